The summed E-state index contributed by atoms with van der Waals surface area (Å²) in [7, 11) is 5.36. The van der Waals surface area contributed by atoms with Crippen LogP contribution in [0.4, 0.5) is 4.79 Å². The van der Waals surface area contributed by atoms with E-state index >= 15 is 0 Å². The van der Waals surface area contributed by atoms with Gasteiger partial charge < -0.3 is 24.8 Å². The number of likely N-dealkylation sites (N-methyl/N-ethyl adjacent to an activating group) is 1. The van der Waals surface area contributed by atoms with Crippen LogP contribution in [0.2, 0.25) is 0 Å². The highest BCUT2D eigenvalue weighted by atomic mass is 16.5. The maximum absolute atomic E-state index is 11.9. The van der Waals surface area contributed by atoms with Gasteiger partial charge in [0.2, 0.25) is 0 Å². The molecule has 3 aromatic carbocycles. The van der Waals surface area contributed by atoms with E-state index in [0.29, 0.717) is 6.61 Å². The molecule has 3 aromatic rings. The fourth-order valence-corrected chi connectivity index (χ4v) is 3.41. The van der Waals surface area contributed by atoms with E-state index in [4.69, 9.17) is 9.47 Å². The van der Waals surface area contributed by atoms with Gasteiger partial charge in [-0.25, -0.2) is 4.79 Å². The third-order valence-electron chi connectivity index (χ3n) is 5.13. The van der Waals surface area contributed by atoms with Crippen LogP contribution in [-0.2, 0) is 4.74 Å². The number of nitrogens with one attached hydrogen (secondary N) is 1. The van der Waals surface area contributed by atoms with E-state index in [2.05, 4.69) is 10.2 Å². The molecule has 0 aliphatic rings. The van der Waals surface area contributed by atoms with Crippen molar-refractivity contribution in [2.24, 2.45) is 0 Å². The topological polar surface area (TPSA) is 71.0 Å². The second kappa shape index (κ2) is 11.7. The summed E-state index contributed by atoms with van der Waals surface area (Å²) in [5.41, 5.74) is 4.72. The highest BCUT2D eigenvalue weighted by molar-refractivity contribution is 5.99. The van der Waals surface area contributed by atoms with Gasteiger partial charge >= 0.3 is 6.09 Å². The minimum Gasteiger partial charge on any atom is -0.508 e. The van der Waals surface area contributed by atoms with Crippen molar-refractivity contribution >= 4 is 17.2 Å². The zero-order chi connectivity index (χ0) is 23.6. The molecular weight excluding hydrogens is 416 g/mol. The first-order chi connectivity index (χ1) is 16.0. The third-order valence-corrected chi connectivity index (χ3v) is 5.13. The van der Waals surface area contributed by atoms with E-state index in [-0.39, 0.29) is 12.3 Å². The Morgan fingerprint density at radius 1 is 0.879 bits per heavy atom. The van der Waals surface area contributed by atoms with E-state index in [1.807, 2.05) is 80.8 Å². The maximum atomic E-state index is 11.9. The van der Waals surface area contributed by atoms with Gasteiger partial charge in [-0.1, -0.05) is 54.6 Å². The van der Waals surface area contributed by atoms with Crippen LogP contribution in [0.5, 0.6) is 11.5 Å². The minimum atomic E-state index is -0.502. The monoisotopic (exact) mass is 446 g/mol. The van der Waals surface area contributed by atoms with Crippen molar-refractivity contribution in [3.8, 4) is 11.5 Å². The minimum absolute atomic E-state index is 0.191. The molecule has 0 heterocycles. The summed E-state index contributed by atoms with van der Waals surface area (Å²) in [6, 6.07) is 24.9. The molecule has 0 aliphatic heterocycles. The number of carbonyl (C=O) groups is 1. The number of benzene rings is 3. The first-order valence-corrected chi connectivity index (χ1v) is 10.8. The molecule has 0 radical (unpaired) electrons. The summed E-state index contributed by atoms with van der Waals surface area (Å²) >= 11 is 0. The highest BCUT2D eigenvalue weighted by Gasteiger charge is 2.16. The summed E-state index contributed by atoms with van der Waals surface area (Å²) in [5.74, 6) is 0.983. The van der Waals surface area contributed by atoms with E-state index in [9.17, 15) is 9.90 Å². The lowest BCUT2D eigenvalue weighted by Gasteiger charge is -2.18. The average molecular weight is 447 g/mol. The molecule has 3 rings (SSSR count). The predicted octanol–water partition coefficient (Wildman–Crippen LogP) is 4.65. The van der Waals surface area contributed by atoms with Crippen molar-refractivity contribution in [1.82, 2.24) is 10.2 Å². The number of alkyl carbamates (subject to hydrolysis) is 1. The van der Waals surface area contributed by atoms with Crippen LogP contribution in [0.1, 0.15) is 16.7 Å². The number of carbonyl (C=O) groups excluding carboxylic acids is 1. The summed E-state index contributed by atoms with van der Waals surface area (Å²) in [5, 5.41) is 12.6. The van der Waals surface area contributed by atoms with Crippen LogP contribution in [0.3, 0.4) is 0 Å². The van der Waals surface area contributed by atoms with Crippen molar-refractivity contribution in [3.63, 3.8) is 0 Å². The Hall–Kier alpha value is -3.77. The van der Waals surface area contributed by atoms with Crippen molar-refractivity contribution in [1.29, 1.82) is 0 Å². The molecule has 0 saturated carbocycles. The SMILES string of the molecule is COC(=O)NC/C(=C(\c1ccc(O)cc1)c1ccc(OCCN(C)C)cc1)c1ccccc1. The lowest BCUT2D eigenvalue weighted by molar-refractivity contribution is 0.172. The van der Waals surface area contributed by atoms with Gasteiger partial charge in [0.25, 0.3) is 0 Å². The molecule has 0 bridgehead atoms. The van der Waals surface area contributed by atoms with E-state index < -0.39 is 6.09 Å². The van der Waals surface area contributed by atoms with Gasteiger partial charge in [0.15, 0.2) is 0 Å². The molecule has 6 heteroatoms. The van der Waals surface area contributed by atoms with Gasteiger partial charge in [-0.3, -0.25) is 0 Å². The molecule has 1 amide bonds. The fourth-order valence-electron chi connectivity index (χ4n) is 3.41. The van der Waals surface area contributed by atoms with Gasteiger partial charge in [-0.15, -0.1) is 0 Å². The Kier molecular flexibility index (Phi) is 8.49. The van der Waals surface area contributed by atoms with Gasteiger partial charge in [0, 0.05) is 13.1 Å². The van der Waals surface area contributed by atoms with Gasteiger partial charge in [0.1, 0.15) is 18.1 Å². The quantitative estimate of drug-likeness (QED) is 0.468. The van der Waals surface area contributed by atoms with E-state index in [0.717, 1.165) is 40.1 Å². The normalized spacial score (nSPS) is 11.6. The van der Waals surface area contributed by atoms with Crippen LogP contribution in [0, 0.1) is 0 Å². The lowest BCUT2D eigenvalue weighted by atomic mass is 9.89. The summed E-state index contributed by atoms with van der Waals surface area (Å²) < 4.78 is 10.6. The van der Waals surface area contributed by atoms with Crippen LogP contribution in [-0.4, -0.2) is 57.0 Å². The Morgan fingerprint density at radius 2 is 1.48 bits per heavy atom. The van der Waals surface area contributed by atoms with Gasteiger partial charge in [-0.05, 0) is 66.2 Å². The van der Waals surface area contributed by atoms with Crippen LogP contribution in [0.25, 0.3) is 11.1 Å². The molecule has 0 fully saturated rings. The number of ether oxygens (including phenoxy) is 2. The second-order valence-corrected chi connectivity index (χ2v) is 7.79. The second-order valence-electron chi connectivity index (χ2n) is 7.79. The molecular formula is C27H30N2O4. The smallest absolute Gasteiger partial charge is 0.407 e. The number of aromatic hydroxyl groups is 1. The number of nitrogens with zero attached hydrogens (tertiary/aromatic N) is 1. The third kappa shape index (κ3) is 6.85. The first-order valence-electron chi connectivity index (χ1n) is 10.8. The van der Waals surface area contributed by atoms with Gasteiger partial charge in [0.05, 0.1) is 7.11 Å². The number of methoxy groups -OCH3 is 1. The van der Waals surface area contributed by atoms with Crippen molar-refractivity contribution in [2.75, 3.05) is 40.9 Å². The van der Waals surface area contributed by atoms with Crippen LogP contribution >= 0.6 is 0 Å². The largest absolute Gasteiger partial charge is 0.508 e. The molecule has 6 nitrogen and oxygen atoms in total. The van der Waals surface area contributed by atoms with Crippen LogP contribution < -0.4 is 10.1 Å². The molecule has 0 aromatic heterocycles. The van der Waals surface area contributed by atoms with E-state index in [1.165, 1.54) is 7.11 Å². The zero-order valence-corrected chi connectivity index (χ0v) is 19.2. The summed E-state index contributed by atoms with van der Waals surface area (Å²) in [4.78, 5) is 13.9. The molecule has 0 saturated heterocycles. The molecule has 0 atom stereocenters. The number of phenols is 1. The summed E-state index contributed by atoms with van der Waals surface area (Å²) in [6.45, 7) is 1.71. The average Bonchev–Trinajstić information content (AvgIpc) is 2.83. The maximum Gasteiger partial charge on any atom is 0.407 e. The molecule has 33 heavy (non-hydrogen) atoms. The Labute approximate surface area is 195 Å². The number of rotatable bonds is 9. The molecule has 172 valence electrons. The Morgan fingerprint density at radius 3 is 2.06 bits per heavy atom. The summed E-state index contributed by atoms with van der Waals surface area (Å²) in [6.07, 6.45) is -0.502. The first kappa shape index (κ1) is 23.9. The van der Waals surface area contributed by atoms with Crippen molar-refractivity contribution in [2.45, 2.75) is 0 Å². The highest BCUT2D eigenvalue weighted by Crippen LogP contribution is 2.33. The zero-order valence-electron chi connectivity index (χ0n) is 19.2. The van der Waals surface area contributed by atoms with Gasteiger partial charge in [-0.2, -0.15) is 0 Å². The van der Waals surface area contributed by atoms with E-state index in [1.54, 1.807) is 12.1 Å². The van der Waals surface area contributed by atoms with Crippen molar-refractivity contribution < 1.29 is 19.4 Å². The molecule has 0 unspecified atom stereocenters. The molecule has 0 aliphatic carbocycles. The number of amides is 1. The predicted molar refractivity (Wildman–Crippen MR) is 131 cm³/mol. The Bertz CT molecular complexity index is 1060. The fraction of sp³-hybridized carbons (Fsp3) is 0.222. The number of phenolic OH excluding ortho intramolecular Hbond substituents is 1. The molecule has 2 N–H and O–H groups in total. The molecule has 0 spiro atoms. The Balaban J connectivity index is 2.07. The number of hydrogen-bond donors (Lipinski definition) is 2. The van der Waals surface area contributed by atoms with Crippen LogP contribution in [0.15, 0.2) is 78.9 Å². The van der Waals surface area contributed by atoms with Crippen molar-refractivity contribution in [3.05, 3.63) is 95.6 Å². The standard InChI is InChI=1S/C27H30N2O4/c1-29(2)17-18-33-24-15-11-22(12-16-24)26(21-9-13-23(30)14-10-21)25(19-28-27(31)32-3)20-7-5-4-6-8-20/h4-16,30H,17-19H2,1-3H3,(H,28,31)/b26-25-. The lowest BCUT2D eigenvalue weighted by Crippen LogP contribution is -2.25. The number of hydrogen-bond acceptors (Lipinski definition) is 5.